The molecule has 1 aliphatic heterocycles. The van der Waals surface area contributed by atoms with Crippen LogP contribution in [0.15, 0.2) is 29.3 Å². The van der Waals surface area contributed by atoms with Gasteiger partial charge in [0.1, 0.15) is 0 Å². The average molecular weight is 368 g/mol. The van der Waals surface area contributed by atoms with Crippen LogP contribution in [0.3, 0.4) is 0 Å². The first-order valence-electron chi connectivity index (χ1n) is 8.70. The molecule has 2 rings (SSSR count). The molecule has 1 aromatic rings. The minimum absolute atomic E-state index is 0.488. The largest absolute Gasteiger partial charge is 0.355 e. The third-order valence-corrected chi connectivity index (χ3v) is 4.74. The van der Waals surface area contributed by atoms with E-state index >= 15 is 0 Å². The maximum Gasteiger partial charge on any atom is 0.229 e. The number of sulfonamides is 1. The number of aliphatic imine (C=N–C) groups is 1. The van der Waals surface area contributed by atoms with E-state index in [1.807, 2.05) is 18.2 Å². The Kier molecular flexibility index (Phi) is 7.52. The van der Waals surface area contributed by atoms with Gasteiger partial charge in [-0.1, -0.05) is 24.6 Å². The number of rotatable bonds is 7. The van der Waals surface area contributed by atoms with Crippen LogP contribution in [0.4, 0.5) is 5.69 Å². The van der Waals surface area contributed by atoms with Crippen LogP contribution in [-0.4, -0.2) is 58.8 Å². The van der Waals surface area contributed by atoms with Crippen molar-refractivity contribution in [1.82, 2.24) is 15.5 Å². The number of piperidine rings is 1. The van der Waals surface area contributed by atoms with Gasteiger partial charge in [-0.3, -0.25) is 9.71 Å². The van der Waals surface area contributed by atoms with Gasteiger partial charge in [0.2, 0.25) is 10.0 Å². The standard InChI is InChI=1S/C17H29N5O2S/c1-18-17(19-10-13-22-11-6-3-7-12-22)20-14-15-8-4-5-9-16(15)21-25(2,23)24/h4-5,8-9,21H,3,6-7,10-14H2,1-2H3,(H2,18,19,20). The van der Waals surface area contributed by atoms with Gasteiger partial charge in [0.15, 0.2) is 5.96 Å². The summed E-state index contributed by atoms with van der Waals surface area (Å²) < 4.78 is 25.5. The van der Waals surface area contributed by atoms with Gasteiger partial charge in [0.05, 0.1) is 11.9 Å². The van der Waals surface area contributed by atoms with E-state index in [9.17, 15) is 8.42 Å². The van der Waals surface area contributed by atoms with E-state index in [2.05, 4.69) is 25.2 Å². The molecule has 3 N–H and O–H groups in total. The second-order valence-electron chi connectivity index (χ2n) is 6.29. The normalized spacial score (nSPS) is 16.5. The Morgan fingerprint density at radius 2 is 1.88 bits per heavy atom. The first-order chi connectivity index (χ1) is 12.0. The summed E-state index contributed by atoms with van der Waals surface area (Å²) >= 11 is 0. The number of benzene rings is 1. The highest BCUT2D eigenvalue weighted by molar-refractivity contribution is 7.92. The molecular weight excluding hydrogens is 338 g/mol. The zero-order valence-electron chi connectivity index (χ0n) is 15.1. The van der Waals surface area contributed by atoms with E-state index in [4.69, 9.17) is 0 Å². The molecule has 1 fully saturated rings. The first kappa shape index (κ1) is 19.5. The van der Waals surface area contributed by atoms with Crippen molar-refractivity contribution in [3.63, 3.8) is 0 Å². The Morgan fingerprint density at radius 3 is 2.56 bits per heavy atom. The predicted molar refractivity (Wildman–Crippen MR) is 103 cm³/mol. The summed E-state index contributed by atoms with van der Waals surface area (Å²) in [6, 6.07) is 7.34. The highest BCUT2D eigenvalue weighted by atomic mass is 32.2. The Labute approximate surface area is 151 Å². The van der Waals surface area contributed by atoms with Crippen LogP contribution in [0, 0.1) is 0 Å². The molecule has 0 spiro atoms. The van der Waals surface area contributed by atoms with Gasteiger partial charge < -0.3 is 15.5 Å². The molecule has 0 radical (unpaired) electrons. The molecule has 7 nitrogen and oxygen atoms in total. The molecule has 0 aliphatic carbocycles. The smallest absolute Gasteiger partial charge is 0.229 e. The van der Waals surface area contributed by atoms with Crippen LogP contribution in [0.5, 0.6) is 0 Å². The molecule has 0 amide bonds. The average Bonchev–Trinajstić information content (AvgIpc) is 2.58. The zero-order chi connectivity index (χ0) is 18.1. The summed E-state index contributed by atoms with van der Waals surface area (Å²) in [5.41, 5.74) is 1.45. The lowest BCUT2D eigenvalue weighted by Crippen LogP contribution is -2.42. The van der Waals surface area contributed by atoms with Crippen LogP contribution in [0.25, 0.3) is 0 Å². The van der Waals surface area contributed by atoms with Crippen molar-refractivity contribution < 1.29 is 8.42 Å². The Balaban J connectivity index is 1.82. The first-order valence-corrected chi connectivity index (χ1v) is 10.6. The predicted octanol–water partition coefficient (Wildman–Crippen LogP) is 1.21. The van der Waals surface area contributed by atoms with Crippen molar-refractivity contribution in [2.45, 2.75) is 25.8 Å². The molecule has 0 bridgehead atoms. The Bertz CT molecular complexity index is 669. The lowest BCUT2D eigenvalue weighted by molar-refractivity contribution is 0.232. The number of nitrogens with zero attached hydrogens (tertiary/aromatic N) is 2. The maximum absolute atomic E-state index is 11.5. The summed E-state index contributed by atoms with van der Waals surface area (Å²) in [6.45, 7) is 4.69. The van der Waals surface area contributed by atoms with Crippen molar-refractivity contribution in [2.24, 2.45) is 4.99 Å². The van der Waals surface area contributed by atoms with Crippen LogP contribution in [0.1, 0.15) is 24.8 Å². The molecule has 0 unspecified atom stereocenters. The molecule has 1 saturated heterocycles. The second-order valence-corrected chi connectivity index (χ2v) is 8.03. The van der Waals surface area contributed by atoms with Gasteiger partial charge in [-0.15, -0.1) is 0 Å². The minimum Gasteiger partial charge on any atom is -0.355 e. The second kappa shape index (κ2) is 9.62. The quantitative estimate of drug-likeness (QED) is 0.498. The molecule has 25 heavy (non-hydrogen) atoms. The third kappa shape index (κ3) is 7.31. The van der Waals surface area contributed by atoms with E-state index in [0.717, 1.165) is 24.9 Å². The number of nitrogens with one attached hydrogen (secondary N) is 3. The molecule has 1 aromatic carbocycles. The molecule has 0 saturated carbocycles. The maximum atomic E-state index is 11.5. The number of guanidine groups is 1. The van der Waals surface area contributed by atoms with E-state index in [1.54, 1.807) is 13.1 Å². The lowest BCUT2D eigenvalue weighted by Gasteiger charge is -2.26. The van der Waals surface area contributed by atoms with E-state index in [1.165, 1.54) is 32.4 Å². The molecule has 140 valence electrons. The fourth-order valence-corrected chi connectivity index (χ4v) is 3.49. The van der Waals surface area contributed by atoms with Gasteiger partial charge in [-0.25, -0.2) is 8.42 Å². The Morgan fingerprint density at radius 1 is 1.16 bits per heavy atom. The summed E-state index contributed by atoms with van der Waals surface area (Å²) in [5.74, 6) is 0.714. The van der Waals surface area contributed by atoms with Crippen molar-refractivity contribution in [1.29, 1.82) is 0 Å². The summed E-state index contributed by atoms with van der Waals surface area (Å²) in [7, 11) is -1.57. The fourth-order valence-electron chi connectivity index (χ4n) is 2.89. The number of para-hydroxylation sites is 1. The molecule has 0 aromatic heterocycles. The topological polar surface area (TPSA) is 85.8 Å². The SMILES string of the molecule is CN=C(NCCN1CCCCC1)NCc1ccccc1NS(C)(=O)=O. The number of hydrogen-bond donors (Lipinski definition) is 3. The van der Waals surface area contributed by atoms with Gasteiger partial charge >= 0.3 is 0 Å². The van der Waals surface area contributed by atoms with Crippen LogP contribution in [-0.2, 0) is 16.6 Å². The fraction of sp³-hybridized carbons (Fsp3) is 0.588. The Hall–Kier alpha value is -1.80. The molecule has 0 atom stereocenters. The number of hydrogen-bond acceptors (Lipinski definition) is 4. The van der Waals surface area contributed by atoms with Gasteiger partial charge in [-0.05, 0) is 37.6 Å². The van der Waals surface area contributed by atoms with E-state index < -0.39 is 10.0 Å². The lowest BCUT2D eigenvalue weighted by atomic mass is 10.1. The van der Waals surface area contributed by atoms with Crippen molar-refractivity contribution in [2.75, 3.05) is 44.2 Å². The van der Waals surface area contributed by atoms with Crippen LogP contribution in [0.2, 0.25) is 0 Å². The third-order valence-electron chi connectivity index (χ3n) is 4.15. The summed E-state index contributed by atoms with van der Waals surface area (Å²) in [5, 5.41) is 6.55. The number of anilines is 1. The minimum atomic E-state index is -3.30. The zero-order valence-corrected chi connectivity index (χ0v) is 15.9. The van der Waals surface area contributed by atoms with Crippen LogP contribution >= 0.6 is 0 Å². The number of likely N-dealkylation sites (tertiary alicyclic amines) is 1. The molecule has 1 aliphatic rings. The summed E-state index contributed by atoms with van der Waals surface area (Å²) in [6.07, 6.45) is 5.07. The van der Waals surface area contributed by atoms with Gasteiger partial charge in [0.25, 0.3) is 0 Å². The highest BCUT2D eigenvalue weighted by Crippen LogP contribution is 2.15. The van der Waals surface area contributed by atoms with Crippen molar-refractivity contribution in [3.05, 3.63) is 29.8 Å². The monoisotopic (exact) mass is 367 g/mol. The molecule has 8 heteroatoms. The van der Waals surface area contributed by atoms with Crippen LogP contribution < -0.4 is 15.4 Å². The molecular formula is C17H29N5O2S. The van der Waals surface area contributed by atoms with Crippen molar-refractivity contribution in [3.8, 4) is 0 Å². The summed E-state index contributed by atoms with van der Waals surface area (Å²) in [4.78, 5) is 6.69. The van der Waals surface area contributed by atoms with E-state index in [-0.39, 0.29) is 0 Å². The van der Waals surface area contributed by atoms with Gasteiger partial charge in [-0.2, -0.15) is 0 Å². The molecule has 1 heterocycles. The highest BCUT2D eigenvalue weighted by Gasteiger charge is 2.10. The van der Waals surface area contributed by atoms with E-state index in [0.29, 0.717) is 18.2 Å². The van der Waals surface area contributed by atoms with Gasteiger partial charge in [0, 0.05) is 26.7 Å². The van der Waals surface area contributed by atoms with Crippen molar-refractivity contribution >= 4 is 21.7 Å².